The summed E-state index contributed by atoms with van der Waals surface area (Å²) in [4.78, 5) is 4.32. The molecule has 2 aromatic rings. The Morgan fingerprint density at radius 1 is 1.19 bits per heavy atom. The van der Waals surface area contributed by atoms with Gasteiger partial charge in [-0.1, -0.05) is 29.4 Å². The van der Waals surface area contributed by atoms with Gasteiger partial charge >= 0.3 is 0 Å². The molecular formula is C18H21N3O4S. The van der Waals surface area contributed by atoms with Crippen molar-refractivity contribution in [2.45, 2.75) is 48.9 Å². The van der Waals surface area contributed by atoms with E-state index in [2.05, 4.69) is 10.1 Å². The van der Waals surface area contributed by atoms with Crippen LogP contribution in [0.4, 0.5) is 0 Å². The molecule has 0 unspecified atom stereocenters. The summed E-state index contributed by atoms with van der Waals surface area (Å²) in [6.07, 6.45) is 3.41. The van der Waals surface area contributed by atoms with Crippen LogP contribution in [0.2, 0.25) is 0 Å². The van der Waals surface area contributed by atoms with Crippen molar-refractivity contribution in [1.82, 2.24) is 14.4 Å². The van der Waals surface area contributed by atoms with Crippen LogP contribution in [0.15, 0.2) is 28.8 Å². The zero-order valence-corrected chi connectivity index (χ0v) is 15.2. The van der Waals surface area contributed by atoms with Gasteiger partial charge in [-0.25, -0.2) is 8.42 Å². The molecule has 0 amide bonds. The molecule has 2 heterocycles. The number of fused-ring (bicyclic) bond motifs is 1. The van der Waals surface area contributed by atoms with Crippen LogP contribution in [-0.4, -0.2) is 46.3 Å². The highest BCUT2D eigenvalue weighted by Crippen LogP contribution is 2.40. The second-order valence-electron chi connectivity index (χ2n) is 7.69. The topological polar surface area (TPSA) is 96.5 Å². The Morgan fingerprint density at radius 2 is 1.88 bits per heavy atom. The molecule has 5 rings (SSSR count). The number of hydrogen-bond acceptors (Lipinski definition) is 6. The van der Waals surface area contributed by atoms with Gasteiger partial charge in [-0.15, -0.1) is 0 Å². The number of β-amino-alcohol motifs (C(OH)–C–C–N with tert-alkyl or cyclic N) is 1. The fraction of sp³-hybridized carbons (Fsp3) is 0.556. The second-order valence-corrected chi connectivity index (χ2v) is 9.90. The Morgan fingerprint density at radius 3 is 2.54 bits per heavy atom. The molecule has 1 N–H and O–H groups in total. The molecule has 1 aliphatic heterocycles. The summed E-state index contributed by atoms with van der Waals surface area (Å²) in [5, 5.41) is 14.4. The van der Waals surface area contributed by atoms with E-state index in [4.69, 9.17) is 4.52 Å². The number of aliphatic hydroxyl groups is 1. The standard InChI is InChI=1S/C18H21N3O4S/c22-18(17-19-16(20-25-17)12-5-6-12)7-8-21(11-18)26(23,24)15-9-13-3-1-2-4-14(13)10-15/h1-4,12,15,22H,5-11H2/t18-/m1/s1. The van der Waals surface area contributed by atoms with E-state index >= 15 is 0 Å². The van der Waals surface area contributed by atoms with Crippen LogP contribution in [0.25, 0.3) is 0 Å². The molecule has 2 aliphatic carbocycles. The minimum absolute atomic E-state index is 0.0194. The summed E-state index contributed by atoms with van der Waals surface area (Å²) >= 11 is 0. The van der Waals surface area contributed by atoms with Gasteiger partial charge in [-0.05, 0) is 36.8 Å². The van der Waals surface area contributed by atoms with Crippen molar-refractivity contribution in [2.75, 3.05) is 13.1 Å². The SMILES string of the molecule is O=S(=O)(C1Cc2ccccc2C1)N1CC[C@](O)(c2nc(C3CC3)no2)C1. The van der Waals surface area contributed by atoms with Gasteiger partial charge in [0.15, 0.2) is 11.4 Å². The van der Waals surface area contributed by atoms with Crippen LogP contribution < -0.4 is 0 Å². The van der Waals surface area contributed by atoms with E-state index in [-0.39, 0.29) is 25.4 Å². The van der Waals surface area contributed by atoms with E-state index in [0.717, 1.165) is 24.0 Å². The predicted molar refractivity (Wildman–Crippen MR) is 92.9 cm³/mol. The van der Waals surface area contributed by atoms with Crippen molar-refractivity contribution in [1.29, 1.82) is 0 Å². The Kier molecular flexibility index (Phi) is 3.54. The lowest BCUT2D eigenvalue weighted by molar-refractivity contribution is 0.0193. The number of aromatic nitrogens is 2. The zero-order valence-electron chi connectivity index (χ0n) is 14.3. The van der Waals surface area contributed by atoms with E-state index in [1.54, 1.807) is 0 Å². The van der Waals surface area contributed by atoms with Crippen LogP contribution in [0, 0.1) is 0 Å². The molecule has 1 aromatic carbocycles. The molecule has 1 aromatic heterocycles. The third-order valence-corrected chi connectivity index (χ3v) is 8.00. The lowest BCUT2D eigenvalue weighted by Crippen LogP contribution is -2.40. The largest absolute Gasteiger partial charge is 0.379 e. The highest BCUT2D eigenvalue weighted by atomic mass is 32.2. The Bertz CT molecular complexity index is 928. The van der Waals surface area contributed by atoms with Crippen molar-refractivity contribution in [3.63, 3.8) is 0 Å². The minimum atomic E-state index is -3.50. The van der Waals surface area contributed by atoms with E-state index < -0.39 is 20.9 Å². The lowest BCUT2D eigenvalue weighted by Gasteiger charge is -2.22. The number of hydrogen-bond donors (Lipinski definition) is 1. The molecule has 138 valence electrons. The average Bonchev–Trinajstić information content (AvgIpc) is 3.05. The maximum absolute atomic E-state index is 13.1. The number of sulfonamides is 1. The maximum Gasteiger partial charge on any atom is 0.260 e. The molecular weight excluding hydrogens is 354 g/mol. The molecule has 3 aliphatic rings. The second kappa shape index (κ2) is 5.61. The van der Waals surface area contributed by atoms with Gasteiger partial charge in [0, 0.05) is 18.9 Å². The van der Waals surface area contributed by atoms with Gasteiger partial charge < -0.3 is 9.63 Å². The average molecular weight is 375 g/mol. The smallest absolute Gasteiger partial charge is 0.260 e. The normalized spacial score (nSPS) is 27.1. The Labute approximate surface area is 152 Å². The monoisotopic (exact) mass is 375 g/mol. The van der Waals surface area contributed by atoms with Gasteiger partial charge in [0.05, 0.1) is 11.8 Å². The predicted octanol–water partition coefficient (Wildman–Crippen LogP) is 1.34. The zero-order chi connectivity index (χ0) is 17.9. The van der Waals surface area contributed by atoms with Gasteiger partial charge in [0.1, 0.15) is 0 Å². The van der Waals surface area contributed by atoms with Crippen molar-refractivity contribution in [3.05, 3.63) is 47.1 Å². The molecule has 0 spiro atoms. The fourth-order valence-corrected chi connectivity index (χ4v) is 5.96. The van der Waals surface area contributed by atoms with Gasteiger partial charge in [0.2, 0.25) is 10.0 Å². The molecule has 1 atom stereocenters. The molecule has 8 heteroatoms. The molecule has 0 radical (unpaired) electrons. The van der Waals surface area contributed by atoms with Crippen LogP contribution in [0.1, 0.15) is 48.0 Å². The lowest BCUT2D eigenvalue weighted by atomic mass is 10.0. The first kappa shape index (κ1) is 16.4. The van der Waals surface area contributed by atoms with E-state index in [0.29, 0.717) is 24.6 Å². The molecule has 1 saturated carbocycles. The third kappa shape index (κ3) is 2.59. The van der Waals surface area contributed by atoms with E-state index in [1.807, 2.05) is 24.3 Å². The van der Waals surface area contributed by atoms with Crippen LogP contribution in [-0.2, 0) is 28.5 Å². The summed E-state index contributed by atoms with van der Waals surface area (Å²) in [5.74, 6) is 1.10. The van der Waals surface area contributed by atoms with Crippen molar-refractivity contribution in [3.8, 4) is 0 Å². The first-order valence-electron chi connectivity index (χ1n) is 9.08. The third-order valence-electron chi connectivity index (χ3n) is 5.79. The van der Waals surface area contributed by atoms with Crippen LogP contribution >= 0.6 is 0 Å². The van der Waals surface area contributed by atoms with Crippen LogP contribution in [0.5, 0.6) is 0 Å². The highest BCUT2D eigenvalue weighted by molar-refractivity contribution is 7.89. The van der Waals surface area contributed by atoms with Gasteiger partial charge in [-0.2, -0.15) is 9.29 Å². The fourth-order valence-electron chi connectivity index (χ4n) is 4.02. The molecule has 7 nitrogen and oxygen atoms in total. The summed E-state index contributed by atoms with van der Waals surface area (Å²) in [6.45, 7) is 0.251. The van der Waals surface area contributed by atoms with Gasteiger partial charge in [-0.3, -0.25) is 0 Å². The Balaban J connectivity index is 1.34. The highest BCUT2D eigenvalue weighted by Gasteiger charge is 2.49. The quantitative estimate of drug-likeness (QED) is 0.866. The summed E-state index contributed by atoms with van der Waals surface area (Å²) in [7, 11) is -3.50. The Hall–Kier alpha value is -1.77. The summed E-state index contributed by atoms with van der Waals surface area (Å²) in [6, 6.07) is 7.86. The minimum Gasteiger partial charge on any atom is -0.379 e. The molecule has 1 saturated heterocycles. The summed E-state index contributed by atoms with van der Waals surface area (Å²) < 4.78 is 32.8. The number of benzene rings is 1. The summed E-state index contributed by atoms with van der Waals surface area (Å²) in [5.41, 5.74) is 0.807. The number of rotatable bonds is 4. The van der Waals surface area contributed by atoms with E-state index in [9.17, 15) is 13.5 Å². The first-order valence-corrected chi connectivity index (χ1v) is 10.6. The van der Waals surface area contributed by atoms with Crippen molar-refractivity contribution in [2.24, 2.45) is 0 Å². The van der Waals surface area contributed by atoms with E-state index in [1.165, 1.54) is 4.31 Å². The molecule has 0 bridgehead atoms. The van der Waals surface area contributed by atoms with Crippen LogP contribution in [0.3, 0.4) is 0 Å². The van der Waals surface area contributed by atoms with Gasteiger partial charge in [0.25, 0.3) is 5.89 Å². The number of nitrogens with zero attached hydrogens (tertiary/aromatic N) is 3. The maximum atomic E-state index is 13.1. The van der Waals surface area contributed by atoms with Crippen molar-refractivity contribution < 1.29 is 18.0 Å². The first-order chi connectivity index (χ1) is 12.5. The van der Waals surface area contributed by atoms with Crippen molar-refractivity contribution >= 4 is 10.0 Å². The molecule has 2 fully saturated rings. The molecule has 26 heavy (non-hydrogen) atoms.